The summed E-state index contributed by atoms with van der Waals surface area (Å²) < 4.78 is 48.5. The van der Waals surface area contributed by atoms with Crippen LogP contribution in [0.5, 0.6) is 0 Å². The first-order chi connectivity index (χ1) is 17.6. The van der Waals surface area contributed by atoms with Gasteiger partial charge in [-0.25, -0.2) is 9.48 Å². The highest BCUT2D eigenvalue weighted by Crippen LogP contribution is 2.42. The quantitative estimate of drug-likeness (QED) is 0.319. The average Bonchev–Trinajstić information content (AvgIpc) is 3.39. The second kappa shape index (κ2) is 10.7. The molecule has 1 aliphatic heterocycles. The number of nitrogens with zero attached hydrogens (tertiary/aromatic N) is 3. The van der Waals surface area contributed by atoms with E-state index in [-0.39, 0.29) is 43.2 Å². The first kappa shape index (κ1) is 25.7. The lowest BCUT2D eigenvalue weighted by atomic mass is 10.1. The number of nitrogens with one attached hydrogen (secondary N) is 2. The molecule has 2 heterocycles. The van der Waals surface area contributed by atoms with Crippen molar-refractivity contribution in [2.24, 2.45) is 0 Å². The van der Waals surface area contributed by atoms with Gasteiger partial charge in [0.05, 0.1) is 47.9 Å². The van der Waals surface area contributed by atoms with Crippen molar-refractivity contribution in [3.8, 4) is 5.69 Å². The number of carbonyl (C=O) groups excluding carboxylic acids is 2. The number of amides is 2. The molecule has 2 amide bonds. The number of Topliss-reactive ketones (excluding diaryl/α,β-unsaturated/α-hetero) is 1. The first-order valence-electron chi connectivity index (χ1n) is 11.1. The molecule has 0 saturated carbocycles. The Bertz CT molecular complexity index is 1300. The van der Waals surface area contributed by atoms with Gasteiger partial charge in [0.25, 0.3) is 0 Å². The molecule has 4 rings (SSSR count). The SMILES string of the molecule is O=C(O)Nc1cc(N2CCOCC2)c(C(F)(F)F)cc1NC(=O)CC(=O)c1cccc(-n2cccn2)c1. The summed E-state index contributed by atoms with van der Waals surface area (Å²) in [6, 6.07) is 9.73. The zero-order valence-electron chi connectivity index (χ0n) is 19.3. The lowest BCUT2D eigenvalue weighted by Gasteiger charge is -2.32. The van der Waals surface area contributed by atoms with Gasteiger partial charge in [-0.15, -0.1) is 0 Å². The van der Waals surface area contributed by atoms with Crippen LogP contribution in [0.1, 0.15) is 22.3 Å². The second-order valence-electron chi connectivity index (χ2n) is 8.09. The number of carboxylic acid groups (broad SMARTS) is 1. The van der Waals surface area contributed by atoms with Crippen molar-refractivity contribution in [1.82, 2.24) is 9.78 Å². The minimum atomic E-state index is -4.79. The number of halogens is 3. The molecular weight excluding hydrogens is 495 g/mol. The minimum absolute atomic E-state index is 0.174. The van der Waals surface area contributed by atoms with E-state index in [4.69, 9.17) is 4.74 Å². The van der Waals surface area contributed by atoms with E-state index in [2.05, 4.69) is 10.4 Å². The van der Waals surface area contributed by atoms with Gasteiger partial charge >= 0.3 is 12.3 Å². The maximum absolute atomic E-state index is 13.9. The molecule has 0 unspecified atom stereocenters. The van der Waals surface area contributed by atoms with Crippen LogP contribution < -0.4 is 15.5 Å². The third kappa shape index (κ3) is 6.25. The molecule has 10 nitrogen and oxygen atoms in total. The van der Waals surface area contributed by atoms with Crippen LogP contribution in [-0.2, 0) is 15.7 Å². The van der Waals surface area contributed by atoms with Gasteiger partial charge in [-0.05, 0) is 30.3 Å². The molecule has 2 aromatic carbocycles. The molecule has 0 bridgehead atoms. The summed E-state index contributed by atoms with van der Waals surface area (Å²) >= 11 is 0. The normalized spacial score (nSPS) is 13.8. The molecule has 3 aromatic rings. The summed E-state index contributed by atoms with van der Waals surface area (Å²) in [5.74, 6) is -1.49. The number of ether oxygens (including phenoxy) is 1. The third-order valence-electron chi connectivity index (χ3n) is 5.57. The van der Waals surface area contributed by atoms with Gasteiger partial charge in [-0.3, -0.25) is 14.9 Å². The fourth-order valence-corrected chi connectivity index (χ4v) is 3.89. The van der Waals surface area contributed by atoms with E-state index in [9.17, 15) is 32.7 Å². The highest BCUT2D eigenvalue weighted by Gasteiger charge is 2.37. The van der Waals surface area contributed by atoms with Gasteiger partial charge < -0.3 is 20.1 Å². The zero-order valence-corrected chi connectivity index (χ0v) is 19.3. The molecule has 1 saturated heterocycles. The first-order valence-corrected chi connectivity index (χ1v) is 11.1. The number of morpholine rings is 1. The van der Waals surface area contributed by atoms with Crippen LogP contribution in [0.2, 0.25) is 0 Å². The monoisotopic (exact) mass is 517 g/mol. The Morgan fingerprint density at radius 2 is 1.76 bits per heavy atom. The van der Waals surface area contributed by atoms with Gasteiger partial charge in [0.2, 0.25) is 5.91 Å². The molecule has 3 N–H and O–H groups in total. The fourth-order valence-electron chi connectivity index (χ4n) is 3.89. The summed E-state index contributed by atoms with van der Waals surface area (Å²) in [4.78, 5) is 38.1. The van der Waals surface area contributed by atoms with E-state index in [1.54, 1.807) is 30.6 Å². The van der Waals surface area contributed by atoms with Crippen molar-refractivity contribution >= 4 is 34.8 Å². The standard InChI is InChI=1S/C24H22F3N5O5/c25-24(26,27)17-12-18(19(30-23(35)36)13-20(17)31-7-9-37-10-8-31)29-22(34)14-21(33)15-3-1-4-16(11-15)32-6-2-5-28-32/h1-6,11-13,30H,7-10,14H2,(H,29,34)(H,35,36). The van der Waals surface area contributed by atoms with Crippen molar-refractivity contribution < 1.29 is 37.4 Å². The molecule has 0 radical (unpaired) electrons. The Balaban J connectivity index is 1.59. The summed E-state index contributed by atoms with van der Waals surface area (Å²) in [6.45, 7) is 0.767. The van der Waals surface area contributed by atoms with E-state index in [0.717, 1.165) is 6.07 Å². The highest BCUT2D eigenvalue weighted by atomic mass is 19.4. The number of benzene rings is 2. The van der Waals surface area contributed by atoms with E-state index in [0.29, 0.717) is 11.8 Å². The van der Waals surface area contributed by atoms with E-state index in [1.807, 2.05) is 5.32 Å². The largest absolute Gasteiger partial charge is 0.465 e. The molecule has 1 fully saturated rings. The van der Waals surface area contributed by atoms with Crippen LogP contribution in [0.4, 0.5) is 35.0 Å². The molecular formula is C24H22F3N5O5. The number of ketones is 1. The number of alkyl halides is 3. The molecule has 1 aromatic heterocycles. The fraction of sp³-hybridized carbons (Fsp3) is 0.250. The van der Waals surface area contributed by atoms with E-state index >= 15 is 0 Å². The van der Waals surface area contributed by atoms with Crippen LogP contribution in [0, 0.1) is 0 Å². The van der Waals surface area contributed by atoms with Crippen molar-refractivity contribution in [1.29, 1.82) is 0 Å². The highest BCUT2D eigenvalue weighted by molar-refractivity contribution is 6.12. The molecule has 194 valence electrons. The second-order valence-corrected chi connectivity index (χ2v) is 8.09. The molecule has 1 aliphatic rings. The molecule has 0 atom stereocenters. The Hall–Kier alpha value is -4.39. The predicted octanol–water partition coefficient (Wildman–Crippen LogP) is 4.03. The summed E-state index contributed by atoms with van der Waals surface area (Å²) in [7, 11) is 0. The number of hydrogen-bond acceptors (Lipinski definition) is 6. The lowest BCUT2D eigenvalue weighted by Crippen LogP contribution is -2.37. The van der Waals surface area contributed by atoms with E-state index in [1.165, 1.54) is 21.7 Å². The van der Waals surface area contributed by atoms with Crippen molar-refractivity contribution in [3.63, 3.8) is 0 Å². The number of aromatic nitrogens is 2. The minimum Gasteiger partial charge on any atom is -0.465 e. The molecule has 13 heteroatoms. The maximum Gasteiger partial charge on any atom is 0.418 e. The summed E-state index contributed by atoms with van der Waals surface area (Å²) in [6.07, 6.45) is -3.77. The van der Waals surface area contributed by atoms with Gasteiger partial charge in [-0.2, -0.15) is 18.3 Å². The van der Waals surface area contributed by atoms with Crippen molar-refractivity contribution in [2.45, 2.75) is 12.6 Å². The number of carbonyl (C=O) groups is 3. The van der Waals surface area contributed by atoms with E-state index < -0.39 is 41.6 Å². The van der Waals surface area contributed by atoms with Gasteiger partial charge in [-0.1, -0.05) is 12.1 Å². The van der Waals surface area contributed by atoms with Crippen molar-refractivity contribution in [3.05, 3.63) is 66.0 Å². The predicted molar refractivity (Wildman–Crippen MR) is 127 cm³/mol. The lowest BCUT2D eigenvalue weighted by molar-refractivity contribution is -0.137. The maximum atomic E-state index is 13.9. The third-order valence-corrected chi connectivity index (χ3v) is 5.57. The zero-order chi connectivity index (χ0) is 26.6. The van der Waals surface area contributed by atoms with Gasteiger partial charge in [0, 0.05) is 31.0 Å². The Labute approximate surface area is 208 Å². The number of rotatable bonds is 7. The smallest absolute Gasteiger partial charge is 0.418 e. The Kier molecular flexibility index (Phi) is 7.43. The summed E-state index contributed by atoms with van der Waals surface area (Å²) in [5, 5.41) is 17.6. The molecule has 37 heavy (non-hydrogen) atoms. The van der Waals surface area contributed by atoms with Crippen molar-refractivity contribution in [2.75, 3.05) is 41.8 Å². The van der Waals surface area contributed by atoms with Crippen LogP contribution in [-0.4, -0.2) is 59.0 Å². The van der Waals surface area contributed by atoms with Crippen LogP contribution in [0.25, 0.3) is 5.69 Å². The van der Waals surface area contributed by atoms with Crippen LogP contribution in [0.3, 0.4) is 0 Å². The molecule has 0 aliphatic carbocycles. The topological polar surface area (TPSA) is 126 Å². The van der Waals surface area contributed by atoms with Crippen LogP contribution >= 0.6 is 0 Å². The van der Waals surface area contributed by atoms with Gasteiger partial charge in [0.15, 0.2) is 5.78 Å². The Morgan fingerprint density at radius 1 is 1.03 bits per heavy atom. The van der Waals surface area contributed by atoms with Gasteiger partial charge in [0.1, 0.15) is 0 Å². The number of hydrogen-bond donors (Lipinski definition) is 3. The Morgan fingerprint density at radius 3 is 2.41 bits per heavy atom. The number of anilines is 3. The molecule has 0 spiro atoms. The summed E-state index contributed by atoms with van der Waals surface area (Å²) in [5.41, 5.74) is -1.20. The van der Waals surface area contributed by atoms with Crippen LogP contribution in [0.15, 0.2) is 54.9 Å². The average molecular weight is 517 g/mol.